The number of nitrogen functional groups attached to an aromatic ring is 1. The van der Waals surface area contributed by atoms with Crippen molar-refractivity contribution in [3.05, 3.63) is 53.4 Å². The standard InChI is InChI=1S/C25H25F2N5O4/c1-5-20(34)31-9-8-14(12-31)32-24-16(13(2)33)11-29-25(28)21(24)17(30-32)7-6-15-22(26)18(35-3)10-19(36-4)23(15)27/h5,10-11,13-14,33H,1,8-9,12H2,2-4H3,(H2,28,29)/t13?,14-/m0/s1. The molecule has 11 heteroatoms. The first-order valence-corrected chi connectivity index (χ1v) is 11.1. The number of pyridine rings is 1. The summed E-state index contributed by atoms with van der Waals surface area (Å²) in [6, 6.07) is 0.837. The van der Waals surface area contributed by atoms with Gasteiger partial charge in [0.05, 0.1) is 37.3 Å². The molecule has 188 valence electrons. The number of amides is 1. The van der Waals surface area contributed by atoms with Gasteiger partial charge in [-0.1, -0.05) is 12.5 Å². The maximum atomic E-state index is 14.9. The van der Waals surface area contributed by atoms with Gasteiger partial charge in [0.15, 0.2) is 23.1 Å². The summed E-state index contributed by atoms with van der Waals surface area (Å²) in [6.45, 7) is 5.95. The molecule has 3 heterocycles. The summed E-state index contributed by atoms with van der Waals surface area (Å²) >= 11 is 0. The van der Waals surface area contributed by atoms with Crippen LogP contribution >= 0.6 is 0 Å². The van der Waals surface area contributed by atoms with Gasteiger partial charge < -0.3 is 25.2 Å². The molecule has 0 bridgehead atoms. The number of rotatable bonds is 5. The van der Waals surface area contributed by atoms with Gasteiger partial charge in [-0.05, 0) is 25.3 Å². The van der Waals surface area contributed by atoms with Crippen molar-refractivity contribution in [2.45, 2.75) is 25.5 Å². The van der Waals surface area contributed by atoms with Gasteiger partial charge in [-0.3, -0.25) is 9.48 Å². The van der Waals surface area contributed by atoms with Crippen molar-refractivity contribution in [2.75, 3.05) is 33.0 Å². The van der Waals surface area contributed by atoms with Crippen LogP contribution in [0.1, 0.15) is 42.3 Å². The minimum atomic E-state index is -0.989. The Balaban J connectivity index is 1.91. The molecule has 4 rings (SSSR count). The first kappa shape index (κ1) is 24.9. The van der Waals surface area contributed by atoms with Crippen molar-refractivity contribution < 1.29 is 28.2 Å². The summed E-state index contributed by atoms with van der Waals surface area (Å²) < 4.78 is 41.3. The second-order valence-electron chi connectivity index (χ2n) is 8.26. The molecule has 9 nitrogen and oxygen atoms in total. The van der Waals surface area contributed by atoms with Crippen LogP contribution in [0.4, 0.5) is 14.6 Å². The maximum Gasteiger partial charge on any atom is 0.246 e. The van der Waals surface area contributed by atoms with E-state index in [9.17, 15) is 18.7 Å². The predicted octanol–water partition coefficient (Wildman–Crippen LogP) is 2.72. The van der Waals surface area contributed by atoms with Crippen molar-refractivity contribution in [1.29, 1.82) is 0 Å². The summed E-state index contributed by atoms with van der Waals surface area (Å²) in [6.07, 6.45) is 2.36. The number of anilines is 1. The van der Waals surface area contributed by atoms with Crippen molar-refractivity contribution in [3.63, 3.8) is 0 Å². The molecule has 3 N–H and O–H groups in total. The molecule has 0 saturated carbocycles. The van der Waals surface area contributed by atoms with Crippen molar-refractivity contribution in [1.82, 2.24) is 19.7 Å². The number of carbonyl (C=O) groups excluding carboxylic acids is 1. The van der Waals surface area contributed by atoms with Crippen LogP contribution in [0.5, 0.6) is 11.5 Å². The number of likely N-dealkylation sites (tertiary alicyclic amines) is 1. The molecule has 1 fully saturated rings. The molecule has 36 heavy (non-hydrogen) atoms. The van der Waals surface area contributed by atoms with E-state index in [0.29, 0.717) is 36.0 Å². The summed E-state index contributed by atoms with van der Waals surface area (Å²) in [5.74, 6) is 2.65. The lowest BCUT2D eigenvalue weighted by Gasteiger charge is -2.17. The lowest BCUT2D eigenvalue weighted by atomic mass is 10.1. The van der Waals surface area contributed by atoms with Gasteiger partial charge in [0.2, 0.25) is 5.91 Å². The average molecular weight is 498 g/mol. The second-order valence-corrected chi connectivity index (χ2v) is 8.26. The van der Waals surface area contributed by atoms with Crippen LogP contribution < -0.4 is 15.2 Å². The third-order valence-electron chi connectivity index (χ3n) is 6.11. The van der Waals surface area contributed by atoms with Crippen LogP contribution in [0, 0.1) is 23.5 Å². The second kappa shape index (κ2) is 9.83. The van der Waals surface area contributed by atoms with E-state index in [-0.39, 0.29) is 35.0 Å². The summed E-state index contributed by atoms with van der Waals surface area (Å²) in [7, 11) is 2.49. The number of methoxy groups -OCH3 is 2. The lowest BCUT2D eigenvalue weighted by Crippen LogP contribution is -2.27. The number of benzene rings is 1. The average Bonchev–Trinajstić information content (AvgIpc) is 3.49. The van der Waals surface area contributed by atoms with E-state index in [0.717, 1.165) is 6.07 Å². The molecular formula is C25H25F2N5O4. The van der Waals surface area contributed by atoms with Crippen molar-refractivity contribution in [3.8, 4) is 23.3 Å². The molecule has 1 aliphatic rings. The van der Waals surface area contributed by atoms with Crippen LogP contribution in [0.2, 0.25) is 0 Å². The Morgan fingerprint density at radius 2 is 1.97 bits per heavy atom. The molecule has 0 aliphatic carbocycles. The summed E-state index contributed by atoms with van der Waals surface area (Å²) in [5, 5.41) is 15.3. The molecule has 1 aromatic carbocycles. The number of ether oxygens (including phenoxy) is 2. The topological polar surface area (TPSA) is 116 Å². The van der Waals surface area contributed by atoms with E-state index in [4.69, 9.17) is 15.2 Å². The van der Waals surface area contributed by atoms with Gasteiger partial charge >= 0.3 is 0 Å². The summed E-state index contributed by atoms with van der Waals surface area (Å²) in [5.41, 5.74) is 6.68. The molecular weight excluding hydrogens is 472 g/mol. The highest BCUT2D eigenvalue weighted by molar-refractivity contribution is 5.95. The van der Waals surface area contributed by atoms with Crippen molar-refractivity contribution >= 4 is 22.6 Å². The van der Waals surface area contributed by atoms with Crippen LogP contribution in [0.3, 0.4) is 0 Å². The molecule has 3 aromatic rings. The fourth-order valence-corrected chi connectivity index (χ4v) is 4.26. The van der Waals surface area contributed by atoms with Crippen LogP contribution in [0.15, 0.2) is 24.9 Å². The number of halogens is 2. The maximum absolute atomic E-state index is 14.9. The number of aliphatic hydroxyl groups excluding tert-OH is 1. The smallest absolute Gasteiger partial charge is 0.246 e. The number of carbonyl (C=O) groups is 1. The minimum Gasteiger partial charge on any atom is -0.493 e. The molecule has 2 atom stereocenters. The Labute approximate surface area is 206 Å². The van der Waals surface area contributed by atoms with Gasteiger partial charge in [0.1, 0.15) is 17.1 Å². The summed E-state index contributed by atoms with van der Waals surface area (Å²) in [4.78, 5) is 17.9. The number of nitrogens with two attached hydrogens (primary N) is 1. The quantitative estimate of drug-likeness (QED) is 0.411. The number of hydrogen-bond donors (Lipinski definition) is 2. The zero-order chi connectivity index (χ0) is 26.1. The number of hydrogen-bond acceptors (Lipinski definition) is 7. The van der Waals surface area contributed by atoms with Gasteiger partial charge in [-0.25, -0.2) is 13.8 Å². The van der Waals surface area contributed by atoms with Crippen molar-refractivity contribution in [2.24, 2.45) is 0 Å². The molecule has 1 unspecified atom stereocenters. The first-order chi connectivity index (χ1) is 17.2. The van der Waals surface area contributed by atoms with Crippen LogP contribution in [0.25, 0.3) is 10.9 Å². The van der Waals surface area contributed by atoms with Crippen LogP contribution in [-0.4, -0.2) is 58.0 Å². The highest BCUT2D eigenvalue weighted by atomic mass is 19.1. The Hall–Kier alpha value is -4.17. The third kappa shape index (κ3) is 4.20. The van der Waals surface area contributed by atoms with Gasteiger partial charge in [-0.2, -0.15) is 5.10 Å². The number of aliphatic hydroxyl groups is 1. The SMILES string of the molecule is C=CC(=O)N1CC[C@H](n2nc(C#Cc3c(F)c(OC)cc(OC)c3F)c3c(N)ncc(C(C)O)c32)C1. The fraction of sp³-hybridized carbons (Fsp3) is 0.320. The van der Waals surface area contributed by atoms with Gasteiger partial charge in [0, 0.05) is 30.9 Å². The third-order valence-corrected chi connectivity index (χ3v) is 6.11. The van der Waals surface area contributed by atoms with E-state index in [1.54, 1.807) is 16.5 Å². The Morgan fingerprint density at radius 3 is 2.56 bits per heavy atom. The Bertz CT molecular complexity index is 1400. The molecule has 2 aromatic heterocycles. The highest BCUT2D eigenvalue weighted by Gasteiger charge is 2.30. The largest absolute Gasteiger partial charge is 0.493 e. The van der Waals surface area contributed by atoms with Gasteiger partial charge in [0.25, 0.3) is 0 Å². The highest BCUT2D eigenvalue weighted by Crippen LogP contribution is 2.35. The fourth-order valence-electron chi connectivity index (χ4n) is 4.26. The molecule has 0 radical (unpaired) electrons. The zero-order valence-corrected chi connectivity index (χ0v) is 20.0. The van der Waals surface area contributed by atoms with Gasteiger partial charge in [-0.15, -0.1) is 0 Å². The van der Waals surface area contributed by atoms with E-state index in [1.807, 2.05) is 0 Å². The molecule has 1 saturated heterocycles. The first-order valence-electron chi connectivity index (χ1n) is 11.1. The van der Waals surface area contributed by atoms with E-state index >= 15 is 0 Å². The number of nitrogens with zero attached hydrogens (tertiary/aromatic N) is 4. The molecule has 1 amide bonds. The molecule has 1 aliphatic heterocycles. The predicted molar refractivity (Wildman–Crippen MR) is 128 cm³/mol. The monoisotopic (exact) mass is 497 g/mol. The van der Waals surface area contributed by atoms with Crippen LogP contribution in [-0.2, 0) is 4.79 Å². The Kier molecular flexibility index (Phi) is 6.81. The molecule has 0 spiro atoms. The zero-order valence-electron chi connectivity index (χ0n) is 20.0. The number of aromatic nitrogens is 3. The minimum absolute atomic E-state index is 0.0890. The van der Waals surface area contributed by atoms with E-state index in [1.165, 1.54) is 26.5 Å². The lowest BCUT2D eigenvalue weighted by molar-refractivity contribution is -0.125. The Morgan fingerprint density at radius 1 is 1.31 bits per heavy atom. The normalized spacial score (nSPS) is 15.9. The van der Waals surface area contributed by atoms with E-state index < -0.39 is 23.3 Å². The number of fused-ring (bicyclic) bond motifs is 1. The van der Waals surface area contributed by atoms with E-state index in [2.05, 4.69) is 28.5 Å².